The van der Waals surface area contributed by atoms with Gasteiger partial charge in [-0.2, -0.15) is 0 Å². The largest absolute Gasteiger partial charge is 0.458 e. The molecule has 8 nitrogen and oxygen atoms in total. The van der Waals surface area contributed by atoms with Crippen LogP contribution in [-0.4, -0.2) is 67.6 Å². The molecule has 0 aliphatic carbocycles. The average Bonchev–Trinajstić information content (AvgIpc) is 2.72. The summed E-state index contributed by atoms with van der Waals surface area (Å²) in [5.74, 6) is -0.917. The van der Waals surface area contributed by atoms with E-state index in [1.807, 2.05) is 0 Å². The Labute approximate surface area is 155 Å². The lowest BCUT2D eigenvalue weighted by Crippen LogP contribution is -2.63. The fraction of sp³-hybridized carbons (Fsp3) is 0.824. The third kappa shape index (κ3) is 4.37. The molecule has 2 aliphatic heterocycles. The van der Waals surface area contributed by atoms with Crippen molar-refractivity contribution in [2.24, 2.45) is 0 Å². The second-order valence-electron chi connectivity index (χ2n) is 8.64. The van der Waals surface area contributed by atoms with Crippen molar-refractivity contribution < 1.29 is 28.6 Å². The number of rotatable bonds is 5. The van der Waals surface area contributed by atoms with E-state index < -0.39 is 50.0 Å². The minimum Gasteiger partial charge on any atom is -0.458 e. The summed E-state index contributed by atoms with van der Waals surface area (Å²) in [5.41, 5.74) is -0.983. The molecule has 0 bridgehead atoms. The fourth-order valence-electron chi connectivity index (χ4n) is 3.16. The monoisotopic (exact) mass is 386 g/mol. The lowest BCUT2D eigenvalue weighted by Gasteiger charge is -2.36. The number of nitrogens with zero attached hydrogens (tertiary/aromatic N) is 1. The van der Waals surface area contributed by atoms with Crippen LogP contribution >= 0.6 is 0 Å². The normalized spacial score (nSPS) is 30.4. The van der Waals surface area contributed by atoms with Crippen LogP contribution in [0.4, 0.5) is 4.79 Å². The zero-order chi connectivity index (χ0) is 19.9. The molecule has 0 aromatic carbocycles. The fourth-order valence-corrected chi connectivity index (χ4v) is 3.87. The van der Waals surface area contributed by atoms with E-state index in [1.54, 1.807) is 27.7 Å². The molecule has 0 radical (unpaired) electrons. The van der Waals surface area contributed by atoms with Gasteiger partial charge in [-0.05, 0) is 33.7 Å². The summed E-state index contributed by atoms with van der Waals surface area (Å²) in [6.07, 6.45) is -1.49. The summed E-state index contributed by atoms with van der Waals surface area (Å²) < 4.78 is 16.1. The van der Waals surface area contributed by atoms with Gasteiger partial charge in [-0.3, -0.25) is 9.69 Å². The Morgan fingerprint density at radius 3 is 2.35 bits per heavy atom. The number of esters is 1. The molecular weight excluding hydrogens is 356 g/mol. The van der Waals surface area contributed by atoms with E-state index in [-0.39, 0.29) is 6.10 Å². The Morgan fingerprint density at radius 2 is 1.85 bits per heavy atom. The van der Waals surface area contributed by atoms with Gasteiger partial charge in [-0.1, -0.05) is 19.6 Å². The van der Waals surface area contributed by atoms with Crippen LogP contribution in [0.2, 0.25) is 25.7 Å². The summed E-state index contributed by atoms with van der Waals surface area (Å²) in [4.78, 5) is 38.2. The molecule has 2 rings (SSSR count). The molecule has 9 heteroatoms. The van der Waals surface area contributed by atoms with Gasteiger partial charge in [0.2, 0.25) is 5.91 Å². The molecule has 2 saturated heterocycles. The molecule has 148 valence electrons. The van der Waals surface area contributed by atoms with E-state index in [1.165, 1.54) is 4.90 Å². The Balaban J connectivity index is 2.08. The van der Waals surface area contributed by atoms with E-state index in [2.05, 4.69) is 25.0 Å². The SMILES string of the molecule is C[C@H]1OC(=O)[C@H]1NC(=O)[C@@H]1[C@@H](C)OC(C)(C)N1C(=O)OCC[Si](C)(C)C. The first kappa shape index (κ1) is 20.7. The number of hydrogen-bond donors (Lipinski definition) is 1. The summed E-state index contributed by atoms with van der Waals surface area (Å²) in [5, 5.41) is 2.66. The highest BCUT2D eigenvalue weighted by Crippen LogP contribution is 2.33. The molecule has 0 unspecified atom stereocenters. The van der Waals surface area contributed by atoms with Crippen molar-refractivity contribution >= 4 is 26.0 Å². The lowest BCUT2D eigenvalue weighted by atomic mass is 10.1. The minimum absolute atomic E-state index is 0.315. The second kappa shape index (κ2) is 7.19. The van der Waals surface area contributed by atoms with E-state index in [4.69, 9.17) is 14.2 Å². The summed E-state index contributed by atoms with van der Waals surface area (Å²) in [7, 11) is -1.34. The molecule has 0 aromatic rings. The van der Waals surface area contributed by atoms with Gasteiger partial charge in [0, 0.05) is 8.07 Å². The third-order valence-corrected chi connectivity index (χ3v) is 6.35. The lowest BCUT2D eigenvalue weighted by molar-refractivity contribution is -0.176. The number of carbonyl (C=O) groups is 3. The predicted octanol–water partition coefficient (Wildman–Crippen LogP) is 1.72. The highest BCUT2D eigenvalue weighted by Gasteiger charge is 2.53. The minimum atomic E-state index is -1.34. The van der Waals surface area contributed by atoms with Crippen molar-refractivity contribution in [3.8, 4) is 0 Å². The van der Waals surface area contributed by atoms with Crippen LogP contribution in [0.3, 0.4) is 0 Å². The summed E-state index contributed by atoms with van der Waals surface area (Å²) in [6, 6.07) is -0.723. The van der Waals surface area contributed by atoms with Crippen LogP contribution in [0.25, 0.3) is 0 Å². The van der Waals surface area contributed by atoms with E-state index >= 15 is 0 Å². The highest BCUT2D eigenvalue weighted by molar-refractivity contribution is 6.76. The zero-order valence-electron chi connectivity index (χ0n) is 16.6. The van der Waals surface area contributed by atoms with E-state index in [9.17, 15) is 14.4 Å². The van der Waals surface area contributed by atoms with Crippen LogP contribution in [0.5, 0.6) is 0 Å². The number of carbonyl (C=O) groups excluding carboxylic acids is 3. The highest BCUT2D eigenvalue weighted by atomic mass is 28.3. The Hall–Kier alpha value is -1.61. The quantitative estimate of drug-likeness (QED) is 0.571. The molecule has 2 heterocycles. The third-order valence-electron chi connectivity index (χ3n) is 4.64. The van der Waals surface area contributed by atoms with Gasteiger partial charge in [0.1, 0.15) is 17.9 Å². The maximum Gasteiger partial charge on any atom is 0.412 e. The molecule has 1 N–H and O–H groups in total. The molecule has 4 atom stereocenters. The van der Waals surface area contributed by atoms with Gasteiger partial charge in [0.05, 0.1) is 12.7 Å². The second-order valence-corrected chi connectivity index (χ2v) is 14.3. The maximum atomic E-state index is 12.7. The number of cyclic esters (lactones) is 1. The topological polar surface area (TPSA) is 94.2 Å². The van der Waals surface area contributed by atoms with Crippen molar-refractivity contribution in [3.05, 3.63) is 0 Å². The first-order chi connectivity index (χ1) is 11.8. The molecule has 2 aliphatic rings. The zero-order valence-corrected chi connectivity index (χ0v) is 17.6. The Kier molecular flexibility index (Phi) is 5.72. The van der Waals surface area contributed by atoms with Gasteiger partial charge >= 0.3 is 12.1 Å². The molecule has 0 spiro atoms. The first-order valence-electron chi connectivity index (χ1n) is 8.98. The number of amides is 2. The molecule has 2 fully saturated rings. The maximum absolute atomic E-state index is 12.7. The predicted molar refractivity (Wildman–Crippen MR) is 97.2 cm³/mol. The van der Waals surface area contributed by atoms with E-state index in [0.29, 0.717) is 6.61 Å². The smallest absolute Gasteiger partial charge is 0.412 e. The Morgan fingerprint density at radius 1 is 1.23 bits per heavy atom. The van der Waals surface area contributed by atoms with Crippen molar-refractivity contribution in [2.45, 2.75) is 83.4 Å². The number of nitrogens with one attached hydrogen (secondary N) is 1. The summed E-state index contributed by atoms with van der Waals surface area (Å²) in [6.45, 7) is 13.8. The average molecular weight is 387 g/mol. The van der Waals surface area contributed by atoms with Crippen LogP contribution < -0.4 is 5.32 Å². The van der Waals surface area contributed by atoms with Crippen molar-refractivity contribution in [3.63, 3.8) is 0 Å². The van der Waals surface area contributed by atoms with Crippen molar-refractivity contribution in [1.29, 1.82) is 0 Å². The molecule has 0 aromatic heterocycles. The molecular formula is C17H30N2O6Si. The standard InChI is InChI=1S/C17H30N2O6Si/c1-10-12(15(21)24-10)18-14(20)13-11(2)25-17(3,4)19(13)16(22)23-8-9-26(5,6)7/h10-13H,8-9H2,1-7H3,(H,18,20)/t10-,11-,12+,13+/m1/s1. The summed E-state index contributed by atoms with van der Waals surface area (Å²) >= 11 is 0. The Bertz CT molecular complexity index is 588. The van der Waals surface area contributed by atoms with Crippen molar-refractivity contribution in [2.75, 3.05) is 6.61 Å². The molecule has 0 saturated carbocycles. The van der Waals surface area contributed by atoms with Crippen LogP contribution in [0.1, 0.15) is 27.7 Å². The number of ether oxygens (including phenoxy) is 3. The van der Waals surface area contributed by atoms with Crippen LogP contribution in [-0.2, 0) is 23.8 Å². The molecule has 2 amide bonds. The van der Waals surface area contributed by atoms with Crippen molar-refractivity contribution in [1.82, 2.24) is 10.2 Å². The van der Waals surface area contributed by atoms with E-state index in [0.717, 1.165) is 6.04 Å². The molecule has 26 heavy (non-hydrogen) atoms. The van der Waals surface area contributed by atoms with Crippen LogP contribution in [0, 0.1) is 0 Å². The first-order valence-corrected chi connectivity index (χ1v) is 12.7. The van der Waals surface area contributed by atoms with Gasteiger partial charge in [-0.25, -0.2) is 9.59 Å². The van der Waals surface area contributed by atoms with Gasteiger partial charge in [0.15, 0.2) is 6.04 Å². The van der Waals surface area contributed by atoms with Gasteiger partial charge in [0.25, 0.3) is 0 Å². The van der Waals surface area contributed by atoms with Gasteiger partial charge < -0.3 is 19.5 Å². The number of hydrogen-bond acceptors (Lipinski definition) is 6. The van der Waals surface area contributed by atoms with Crippen LogP contribution in [0.15, 0.2) is 0 Å². The van der Waals surface area contributed by atoms with Gasteiger partial charge in [-0.15, -0.1) is 0 Å².